The number of aliphatic hydroxyl groups excluding tert-OH is 1. The van der Waals surface area contributed by atoms with Gasteiger partial charge in [-0.25, -0.2) is 14.6 Å². The van der Waals surface area contributed by atoms with E-state index in [1.54, 1.807) is 21.1 Å². The van der Waals surface area contributed by atoms with Crippen molar-refractivity contribution in [3.05, 3.63) is 87.9 Å². The van der Waals surface area contributed by atoms with Crippen molar-refractivity contribution >= 4 is 29.4 Å². The quantitative estimate of drug-likeness (QED) is 0.174. The number of aliphatic hydroxyl groups is 1. The molecule has 11 heteroatoms. The maximum atomic E-state index is 14.6. The number of carbonyl (C=O) groups is 3. The zero-order valence-electron chi connectivity index (χ0n) is 29.1. The van der Waals surface area contributed by atoms with E-state index in [2.05, 4.69) is 36.4 Å². The molecule has 1 aliphatic rings. The van der Waals surface area contributed by atoms with E-state index in [1.807, 2.05) is 93.7 Å². The minimum atomic E-state index is -1.23. The van der Waals surface area contributed by atoms with Crippen molar-refractivity contribution in [2.24, 2.45) is 10.8 Å². The highest BCUT2D eigenvalue weighted by molar-refractivity contribution is 7.09. The van der Waals surface area contributed by atoms with Crippen molar-refractivity contribution in [2.75, 3.05) is 13.1 Å². The predicted octanol–water partition coefficient (Wildman–Crippen LogP) is 6.05. The first kappa shape index (κ1) is 36.9. The maximum Gasteiger partial charge on any atom is 0.404 e. The highest BCUT2D eigenvalue weighted by atomic mass is 32.1. The lowest BCUT2D eigenvalue weighted by atomic mass is 9.70. The SMILES string of the molecule is Cc1nc(CN2CCN([C@H](C(=O)N[C@@H](C[C@@H](O)[C@H](Cc3ccccc3)NC(=O)O)C(c3ccccc3)C(C)(C)C)C(C)(C)C)C2=O)cs1. The third-order valence-electron chi connectivity index (χ3n) is 8.92. The number of carboxylic acid groups (broad SMARTS) is 1. The summed E-state index contributed by atoms with van der Waals surface area (Å²) < 4.78 is 0. The van der Waals surface area contributed by atoms with Crippen LogP contribution < -0.4 is 10.6 Å². The first-order valence-corrected chi connectivity index (χ1v) is 17.5. The fourth-order valence-corrected chi connectivity index (χ4v) is 7.54. The van der Waals surface area contributed by atoms with Gasteiger partial charge in [0.1, 0.15) is 6.04 Å². The summed E-state index contributed by atoms with van der Waals surface area (Å²) in [6.07, 6.45) is -2.00. The lowest BCUT2D eigenvalue weighted by molar-refractivity contribution is -0.130. The molecule has 1 aliphatic heterocycles. The van der Waals surface area contributed by atoms with Crippen LogP contribution in [0.15, 0.2) is 66.0 Å². The molecule has 4 rings (SSSR count). The molecule has 0 radical (unpaired) electrons. The van der Waals surface area contributed by atoms with Crippen LogP contribution in [0.1, 0.15) is 75.7 Å². The molecule has 4 amide bonds. The lowest BCUT2D eigenvalue weighted by Gasteiger charge is -2.42. The number of hydrogen-bond donors (Lipinski definition) is 4. The van der Waals surface area contributed by atoms with Crippen molar-refractivity contribution in [3.8, 4) is 0 Å². The highest BCUT2D eigenvalue weighted by Gasteiger charge is 2.45. The minimum Gasteiger partial charge on any atom is -0.465 e. The molecule has 0 saturated carbocycles. The first-order valence-electron chi connectivity index (χ1n) is 16.6. The van der Waals surface area contributed by atoms with E-state index in [4.69, 9.17) is 0 Å². The molecule has 1 unspecified atom stereocenters. The summed E-state index contributed by atoms with van der Waals surface area (Å²) in [5, 5.41) is 30.1. The van der Waals surface area contributed by atoms with Crippen LogP contribution in [0.2, 0.25) is 0 Å². The Hall–Kier alpha value is -3.96. The van der Waals surface area contributed by atoms with Crippen LogP contribution in [0.3, 0.4) is 0 Å². The van der Waals surface area contributed by atoms with Gasteiger partial charge in [0, 0.05) is 30.4 Å². The number of nitrogens with one attached hydrogen (secondary N) is 2. The second kappa shape index (κ2) is 15.5. The molecule has 0 aliphatic carbocycles. The van der Waals surface area contributed by atoms with Gasteiger partial charge in [-0.1, -0.05) is 102 Å². The number of urea groups is 1. The van der Waals surface area contributed by atoms with E-state index in [-0.39, 0.29) is 36.1 Å². The van der Waals surface area contributed by atoms with Gasteiger partial charge in [-0.15, -0.1) is 11.3 Å². The summed E-state index contributed by atoms with van der Waals surface area (Å²) in [6.45, 7) is 15.3. The molecule has 2 heterocycles. The Morgan fingerprint density at radius 2 is 1.54 bits per heavy atom. The first-order chi connectivity index (χ1) is 22.5. The Bertz CT molecular complexity index is 1520. The van der Waals surface area contributed by atoms with E-state index in [1.165, 1.54) is 0 Å². The van der Waals surface area contributed by atoms with Crippen LogP contribution in [-0.2, 0) is 17.8 Å². The van der Waals surface area contributed by atoms with Crippen molar-refractivity contribution in [2.45, 2.75) is 98.0 Å². The van der Waals surface area contributed by atoms with Gasteiger partial charge in [0.05, 0.1) is 29.4 Å². The minimum absolute atomic E-state index is 0.0838. The number of benzene rings is 2. The van der Waals surface area contributed by atoms with Crippen LogP contribution in [-0.4, -0.2) is 80.3 Å². The molecule has 260 valence electrons. The van der Waals surface area contributed by atoms with Crippen LogP contribution in [0.4, 0.5) is 9.59 Å². The zero-order chi connectivity index (χ0) is 35.2. The van der Waals surface area contributed by atoms with Crippen LogP contribution >= 0.6 is 11.3 Å². The molecule has 1 aromatic heterocycles. The normalized spacial score (nSPS) is 17.0. The summed E-state index contributed by atoms with van der Waals surface area (Å²) in [5.74, 6) is -0.561. The smallest absolute Gasteiger partial charge is 0.404 e. The number of aryl methyl sites for hydroxylation is 1. The lowest BCUT2D eigenvalue weighted by Crippen LogP contribution is -2.58. The number of aromatic nitrogens is 1. The second-order valence-electron chi connectivity index (χ2n) is 14.9. The van der Waals surface area contributed by atoms with E-state index in [9.17, 15) is 24.6 Å². The third kappa shape index (κ3) is 9.56. The average Bonchev–Trinajstić information content (AvgIpc) is 3.56. The number of thiazole rings is 1. The Balaban J connectivity index is 1.66. The largest absolute Gasteiger partial charge is 0.465 e. The van der Waals surface area contributed by atoms with Gasteiger partial charge < -0.3 is 30.6 Å². The Labute approximate surface area is 288 Å². The second-order valence-corrected chi connectivity index (χ2v) is 16.0. The number of rotatable bonds is 13. The van der Waals surface area contributed by atoms with Crippen molar-refractivity contribution in [1.29, 1.82) is 0 Å². The van der Waals surface area contributed by atoms with Crippen LogP contribution in [0, 0.1) is 17.8 Å². The molecular weight excluding hydrogens is 627 g/mol. The highest BCUT2D eigenvalue weighted by Crippen LogP contribution is 2.40. The monoisotopic (exact) mass is 677 g/mol. The Kier molecular flexibility index (Phi) is 11.9. The summed E-state index contributed by atoms with van der Waals surface area (Å²) in [7, 11) is 0. The molecule has 2 aromatic carbocycles. The number of hydrogen-bond acceptors (Lipinski definition) is 6. The number of carbonyl (C=O) groups excluding carboxylic acids is 2. The van der Waals surface area contributed by atoms with E-state index < -0.39 is 35.7 Å². The standard InChI is InChI=1S/C37H51N5O5S/c1-24-38-27(23-48-24)22-41-18-19-42(35(41)47)32(37(5,6)7)33(44)39-29(31(36(2,3)4)26-16-12-9-13-17-26)21-30(43)28(40-34(45)46)20-25-14-10-8-11-15-25/h8-17,23,28-32,40,43H,18-22H2,1-7H3,(H,39,44)(H,45,46)/t28-,29-,30+,31?,32+/m0/s1. The summed E-state index contributed by atoms with van der Waals surface area (Å²) in [4.78, 5) is 48.1. The van der Waals surface area contributed by atoms with E-state index >= 15 is 0 Å². The van der Waals surface area contributed by atoms with Gasteiger partial charge in [0.25, 0.3) is 0 Å². The number of nitrogens with zero attached hydrogens (tertiary/aromatic N) is 3. The Morgan fingerprint density at radius 3 is 2.08 bits per heavy atom. The van der Waals surface area contributed by atoms with Crippen molar-refractivity contribution in [3.63, 3.8) is 0 Å². The topological polar surface area (TPSA) is 135 Å². The van der Waals surface area contributed by atoms with Crippen LogP contribution in [0.25, 0.3) is 0 Å². The number of amides is 4. The molecule has 48 heavy (non-hydrogen) atoms. The summed E-state index contributed by atoms with van der Waals surface area (Å²) in [5.41, 5.74) is 1.72. The van der Waals surface area contributed by atoms with Gasteiger partial charge in [0.2, 0.25) is 5.91 Å². The maximum absolute atomic E-state index is 14.6. The van der Waals surface area contributed by atoms with E-state index in [0.717, 1.165) is 21.8 Å². The van der Waals surface area contributed by atoms with Gasteiger partial charge in [-0.2, -0.15) is 0 Å². The molecule has 1 fully saturated rings. The van der Waals surface area contributed by atoms with Crippen molar-refractivity contribution in [1.82, 2.24) is 25.4 Å². The van der Waals surface area contributed by atoms with Gasteiger partial charge in [0.15, 0.2) is 0 Å². The molecule has 1 saturated heterocycles. The fourth-order valence-electron chi connectivity index (χ4n) is 6.94. The average molecular weight is 678 g/mol. The zero-order valence-corrected chi connectivity index (χ0v) is 30.0. The van der Waals surface area contributed by atoms with Gasteiger partial charge >= 0.3 is 12.1 Å². The van der Waals surface area contributed by atoms with E-state index in [0.29, 0.717) is 19.6 Å². The molecule has 5 atom stereocenters. The molecular formula is C37H51N5O5S. The molecule has 10 nitrogen and oxygen atoms in total. The Morgan fingerprint density at radius 1 is 0.917 bits per heavy atom. The summed E-state index contributed by atoms with van der Waals surface area (Å²) >= 11 is 1.54. The molecule has 3 aromatic rings. The molecule has 4 N–H and O–H groups in total. The fraction of sp³-hybridized carbons (Fsp3) is 0.514. The van der Waals surface area contributed by atoms with Crippen molar-refractivity contribution < 1.29 is 24.6 Å². The van der Waals surface area contributed by atoms with Crippen LogP contribution in [0.5, 0.6) is 0 Å². The molecule has 0 bridgehead atoms. The molecule has 0 spiro atoms. The van der Waals surface area contributed by atoms with Gasteiger partial charge in [-0.3, -0.25) is 4.79 Å². The van der Waals surface area contributed by atoms with Gasteiger partial charge in [-0.05, 0) is 41.7 Å². The predicted molar refractivity (Wildman–Crippen MR) is 189 cm³/mol. The summed E-state index contributed by atoms with van der Waals surface area (Å²) in [6, 6.07) is 16.9. The third-order valence-corrected chi connectivity index (χ3v) is 9.74.